The molecule has 33 heavy (non-hydrogen) atoms. The van der Waals surface area contributed by atoms with Crippen LogP contribution in [0.25, 0.3) is 49.6 Å². The van der Waals surface area contributed by atoms with Crippen LogP contribution in [0, 0.1) is 13.8 Å². The van der Waals surface area contributed by atoms with Crippen molar-refractivity contribution in [3.63, 3.8) is 0 Å². The number of hydrogen-bond donors (Lipinski definition) is 0. The topological polar surface area (TPSA) is 17.3 Å². The Kier molecular flexibility index (Phi) is 3.15. The van der Waals surface area contributed by atoms with Crippen molar-refractivity contribution in [2.24, 2.45) is 0 Å². The van der Waals surface area contributed by atoms with Crippen LogP contribution in [-0.2, 0) is 12.8 Å². The molecule has 0 aliphatic heterocycles. The lowest BCUT2D eigenvalue weighted by Crippen LogP contribution is -1.96. The van der Waals surface area contributed by atoms with Gasteiger partial charge in [0, 0.05) is 16.5 Å². The molecule has 0 spiro atoms. The lowest BCUT2D eigenvalue weighted by Gasteiger charge is -2.16. The van der Waals surface area contributed by atoms with E-state index in [0.717, 1.165) is 24.2 Å². The molecule has 0 fully saturated rings. The summed E-state index contributed by atoms with van der Waals surface area (Å²) in [5.74, 6) is 0. The summed E-state index contributed by atoms with van der Waals surface area (Å²) in [5, 5.41) is 3.92. The predicted octanol–water partition coefficient (Wildman–Crippen LogP) is 7.40. The first-order valence-corrected chi connectivity index (χ1v) is 11.8. The zero-order chi connectivity index (χ0) is 21.8. The van der Waals surface area contributed by atoms with E-state index in [0.29, 0.717) is 0 Å². The van der Waals surface area contributed by atoms with E-state index in [2.05, 4.69) is 91.0 Å². The lowest BCUT2D eigenvalue weighted by atomic mass is 9.91. The second-order valence-corrected chi connectivity index (χ2v) is 9.62. The molecule has 2 heterocycles. The summed E-state index contributed by atoms with van der Waals surface area (Å²) in [6.45, 7) is 4.31. The molecule has 2 nitrogen and oxygen atoms in total. The molecule has 6 aromatic rings. The Bertz CT molecular complexity index is 1830. The van der Waals surface area contributed by atoms with E-state index in [1.54, 1.807) is 0 Å². The molecule has 2 aromatic heterocycles. The Hall–Kier alpha value is -3.91. The van der Waals surface area contributed by atoms with Gasteiger partial charge in [0.25, 0.3) is 0 Å². The summed E-state index contributed by atoms with van der Waals surface area (Å²) in [7, 11) is 0. The van der Waals surface area contributed by atoms with Crippen LogP contribution in [0.4, 0.5) is 0 Å². The Balaban J connectivity index is 1.58. The zero-order valence-electron chi connectivity index (χ0n) is 18.7. The Morgan fingerprint density at radius 2 is 1.42 bits per heavy atom. The van der Waals surface area contributed by atoms with Gasteiger partial charge >= 0.3 is 0 Å². The molecule has 2 aliphatic rings. The molecule has 2 aliphatic carbocycles. The maximum atomic E-state index is 4.98. The fourth-order valence-electron chi connectivity index (χ4n) is 6.43. The molecule has 2 heteroatoms. The number of aryl methyl sites for hydroxylation is 2. The van der Waals surface area contributed by atoms with Gasteiger partial charge in [-0.2, -0.15) is 0 Å². The van der Waals surface area contributed by atoms with Crippen LogP contribution in [0.3, 0.4) is 0 Å². The third-order valence-electron chi connectivity index (χ3n) is 8.00. The van der Waals surface area contributed by atoms with Gasteiger partial charge < -0.3 is 0 Å². The Morgan fingerprint density at radius 3 is 2.33 bits per heavy atom. The van der Waals surface area contributed by atoms with E-state index in [1.807, 2.05) is 0 Å². The van der Waals surface area contributed by atoms with Gasteiger partial charge in [-0.25, -0.2) is 4.98 Å². The number of nitrogens with zero attached hydrogens (tertiary/aromatic N) is 2. The third-order valence-corrected chi connectivity index (χ3v) is 8.00. The summed E-state index contributed by atoms with van der Waals surface area (Å²) in [5.41, 5.74) is 16.2. The maximum Gasteiger partial charge on any atom is 0.145 e. The van der Waals surface area contributed by atoms with Crippen molar-refractivity contribution in [3.8, 4) is 22.3 Å². The van der Waals surface area contributed by atoms with E-state index >= 15 is 0 Å². The summed E-state index contributed by atoms with van der Waals surface area (Å²) < 4.78 is 2.38. The van der Waals surface area contributed by atoms with Crippen LogP contribution in [0.2, 0.25) is 0 Å². The highest BCUT2D eigenvalue weighted by Gasteiger charge is 2.30. The fraction of sp³-hybridized carbons (Fsp3) is 0.129. The number of rotatable bonds is 0. The van der Waals surface area contributed by atoms with Crippen molar-refractivity contribution in [3.05, 3.63) is 106 Å². The average molecular weight is 423 g/mol. The summed E-state index contributed by atoms with van der Waals surface area (Å²) in [6.07, 6.45) is 2.03. The largest absolute Gasteiger partial charge is 0.296 e. The van der Waals surface area contributed by atoms with Gasteiger partial charge in [-0.15, -0.1) is 0 Å². The molecule has 0 atom stereocenters. The van der Waals surface area contributed by atoms with Crippen LogP contribution in [0.15, 0.2) is 72.8 Å². The van der Waals surface area contributed by atoms with E-state index in [9.17, 15) is 0 Å². The number of aromatic nitrogens is 2. The Labute approximate surface area is 192 Å². The summed E-state index contributed by atoms with van der Waals surface area (Å²) >= 11 is 0. The minimum atomic E-state index is 1.01. The summed E-state index contributed by atoms with van der Waals surface area (Å²) in [6, 6.07) is 27.1. The number of fused-ring (bicyclic) bond motifs is 14. The highest BCUT2D eigenvalue weighted by atomic mass is 15.0. The Morgan fingerprint density at radius 1 is 0.667 bits per heavy atom. The van der Waals surface area contributed by atoms with E-state index in [1.165, 1.54) is 71.9 Å². The van der Waals surface area contributed by atoms with Gasteiger partial charge in [0.15, 0.2) is 0 Å². The molecular formula is C31H22N2. The number of pyridine rings is 1. The molecule has 0 N–H and O–H groups in total. The van der Waals surface area contributed by atoms with Crippen molar-refractivity contribution < 1.29 is 0 Å². The van der Waals surface area contributed by atoms with Gasteiger partial charge in [-0.1, -0.05) is 66.7 Å². The van der Waals surface area contributed by atoms with Crippen molar-refractivity contribution >= 4 is 27.3 Å². The van der Waals surface area contributed by atoms with Gasteiger partial charge in [-0.05, 0) is 82.6 Å². The molecule has 4 aromatic carbocycles. The SMILES string of the molecule is Cc1nc2c3ccccc3c3c4c(ccc3n2c1C)Cc1ccc2c(c1-4)Cc1ccccc1-2. The third kappa shape index (κ3) is 2.07. The number of hydrogen-bond acceptors (Lipinski definition) is 1. The van der Waals surface area contributed by atoms with Crippen LogP contribution in [0.1, 0.15) is 33.6 Å². The standard InChI is InChI=1S/C31H22N2/c1-17-18(2)33-27-14-12-21-15-20-11-13-23-22-8-4-3-7-19(22)16-26(23)28(20)29(21)30(27)24-9-5-6-10-25(24)31(33)32-17/h3-14H,15-16H2,1-2H3. The molecule has 0 saturated heterocycles. The van der Waals surface area contributed by atoms with Gasteiger partial charge in [-0.3, -0.25) is 4.40 Å². The molecular weight excluding hydrogens is 400 g/mol. The van der Waals surface area contributed by atoms with E-state index in [-0.39, 0.29) is 0 Å². The van der Waals surface area contributed by atoms with E-state index < -0.39 is 0 Å². The monoisotopic (exact) mass is 422 g/mol. The van der Waals surface area contributed by atoms with Crippen LogP contribution in [-0.4, -0.2) is 9.38 Å². The first kappa shape index (κ1) is 17.6. The van der Waals surface area contributed by atoms with Gasteiger partial charge in [0.05, 0.1) is 11.2 Å². The molecule has 0 bridgehead atoms. The molecule has 156 valence electrons. The van der Waals surface area contributed by atoms with Crippen LogP contribution < -0.4 is 0 Å². The number of imidazole rings is 1. The zero-order valence-corrected chi connectivity index (χ0v) is 18.7. The minimum Gasteiger partial charge on any atom is -0.296 e. The molecule has 0 unspecified atom stereocenters. The van der Waals surface area contributed by atoms with Crippen LogP contribution in [0.5, 0.6) is 0 Å². The smallest absolute Gasteiger partial charge is 0.145 e. The molecule has 8 rings (SSSR count). The van der Waals surface area contributed by atoms with Crippen molar-refractivity contribution in [1.82, 2.24) is 9.38 Å². The highest BCUT2D eigenvalue weighted by molar-refractivity contribution is 6.19. The average Bonchev–Trinajstić information content (AvgIpc) is 3.50. The van der Waals surface area contributed by atoms with Crippen molar-refractivity contribution in [2.75, 3.05) is 0 Å². The molecule has 0 amide bonds. The lowest BCUT2D eigenvalue weighted by molar-refractivity contribution is 1.14. The van der Waals surface area contributed by atoms with Crippen molar-refractivity contribution in [2.45, 2.75) is 26.7 Å². The normalized spacial score (nSPS) is 13.5. The first-order chi connectivity index (χ1) is 16.2. The fourth-order valence-corrected chi connectivity index (χ4v) is 6.43. The predicted molar refractivity (Wildman–Crippen MR) is 136 cm³/mol. The van der Waals surface area contributed by atoms with E-state index in [4.69, 9.17) is 4.98 Å². The second-order valence-electron chi connectivity index (χ2n) is 9.62. The molecule has 0 saturated carbocycles. The minimum absolute atomic E-state index is 1.01. The second kappa shape index (κ2) is 5.90. The van der Waals surface area contributed by atoms with Gasteiger partial charge in [0.2, 0.25) is 0 Å². The van der Waals surface area contributed by atoms with Gasteiger partial charge in [0.1, 0.15) is 5.65 Å². The van der Waals surface area contributed by atoms with Crippen molar-refractivity contribution in [1.29, 1.82) is 0 Å². The summed E-state index contributed by atoms with van der Waals surface area (Å²) in [4.78, 5) is 4.98. The van der Waals surface area contributed by atoms with Crippen LogP contribution >= 0.6 is 0 Å². The maximum absolute atomic E-state index is 4.98. The quantitative estimate of drug-likeness (QED) is 0.233. The molecule has 0 radical (unpaired) electrons. The highest BCUT2D eigenvalue weighted by Crippen LogP contribution is 2.51. The first-order valence-electron chi connectivity index (χ1n) is 11.8. The number of benzene rings is 4.